The van der Waals surface area contributed by atoms with E-state index < -0.39 is 5.91 Å². The van der Waals surface area contributed by atoms with Gasteiger partial charge in [0, 0.05) is 10.5 Å². The van der Waals surface area contributed by atoms with E-state index in [1.54, 1.807) is 30.3 Å². The van der Waals surface area contributed by atoms with Gasteiger partial charge in [0.1, 0.15) is 6.33 Å². The average molecular weight is 370 g/mol. The van der Waals surface area contributed by atoms with Gasteiger partial charge in [-0.1, -0.05) is 40.2 Å². The van der Waals surface area contributed by atoms with Crippen molar-refractivity contribution in [2.75, 3.05) is 5.43 Å². The van der Waals surface area contributed by atoms with Gasteiger partial charge in [-0.3, -0.25) is 15.0 Å². The van der Waals surface area contributed by atoms with Crippen LogP contribution in [0.1, 0.15) is 5.56 Å². The Bertz CT molecular complexity index is 946. The maximum atomic E-state index is 12.3. The Morgan fingerprint density at radius 1 is 1.13 bits per heavy atom. The van der Waals surface area contributed by atoms with Gasteiger partial charge in [0.2, 0.25) is 0 Å². The molecule has 0 fully saturated rings. The molecule has 0 aliphatic rings. The highest BCUT2D eigenvalue weighted by Gasteiger charge is 2.04. The number of aromatic nitrogens is 2. The number of fused-ring (bicyclic) bond motifs is 1. The molecule has 114 valence electrons. The van der Waals surface area contributed by atoms with Crippen LogP contribution in [0.5, 0.6) is 0 Å². The molecule has 0 radical (unpaired) electrons. The summed E-state index contributed by atoms with van der Waals surface area (Å²) >= 11 is 3.35. The summed E-state index contributed by atoms with van der Waals surface area (Å²) in [6, 6.07) is 14.5. The quantitative estimate of drug-likeness (QED) is 0.721. The van der Waals surface area contributed by atoms with Crippen LogP contribution in [0.2, 0.25) is 0 Å². The van der Waals surface area contributed by atoms with Crippen molar-refractivity contribution < 1.29 is 4.79 Å². The van der Waals surface area contributed by atoms with Crippen molar-refractivity contribution >= 4 is 38.8 Å². The van der Waals surface area contributed by atoms with Crippen molar-refractivity contribution in [1.82, 2.24) is 9.66 Å². The van der Waals surface area contributed by atoms with Gasteiger partial charge in [0.15, 0.2) is 0 Å². The summed E-state index contributed by atoms with van der Waals surface area (Å²) in [6.07, 6.45) is 4.34. The smallest absolute Gasteiger partial charge is 0.268 e. The van der Waals surface area contributed by atoms with Gasteiger partial charge in [-0.05, 0) is 35.9 Å². The highest BCUT2D eigenvalue weighted by Crippen LogP contribution is 2.11. The summed E-state index contributed by atoms with van der Waals surface area (Å²) in [5, 5.41) is 0.451. The van der Waals surface area contributed by atoms with Crippen molar-refractivity contribution in [1.29, 1.82) is 0 Å². The molecule has 3 aromatic rings. The third-order valence-corrected chi connectivity index (χ3v) is 3.72. The molecule has 1 aromatic heterocycles. The lowest BCUT2D eigenvalue weighted by molar-refractivity contribution is -0.112. The lowest BCUT2D eigenvalue weighted by Crippen LogP contribution is -2.32. The molecular formula is C17H12BrN3O2. The molecule has 6 heteroatoms. The van der Waals surface area contributed by atoms with E-state index in [4.69, 9.17) is 0 Å². The van der Waals surface area contributed by atoms with Gasteiger partial charge in [-0.2, -0.15) is 0 Å². The minimum atomic E-state index is -0.410. The van der Waals surface area contributed by atoms with E-state index >= 15 is 0 Å². The second-order valence-electron chi connectivity index (χ2n) is 4.80. The van der Waals surface area contributed by atoms with Gasteiger partial charge in [-0.25, -0.2) is 9.66 Å². The number of carbonyl (C=O) groups is 1. The molecule has 1 amide bonds. The predicted molar refractivity (Wildman–Crippen MR) is 93.5 cm³/mol. The second kappa shape index (κ2) is 6.58. The topological polar surface area (TPSA) is 64.0 Å². The van der Waals surface area contributed by atoms with Crippen LogP contribution in [0.15, 0.2) is 70.2 Å². The fourth-order valence-corrected chi connectivity index (χ4v) is 2.31. The van der Waals surface area contributed by atoms with E-state index in [0.717, 1.165) is 14.7 Å². The zero-order valence-corrected chi connectivity index (χ0v) is 13.5. The predicted octanol–water partition coefficient (Wildman–Crippen LogP) is 2.94. The molecule has 0 saturated heterocycles. The number of amides is 1. The van der Waals surface area contributed by atoms with Gasteiger partial charge in [0.05, 0.1) is 10.9 Å². The van der Waals surface area contributed by atoms with E-state index in [9.17, 15) is 9.59 Å². The van der Waals surface area contributed by atoms with Crippen LogP contribution in [-0.4, -0.2) is 15.6 Å². The summed E-state index contributed by atoms with van der Waals surface area (Å²) < 4.78 is 2.05. The van der Waals surface area contributed by atoms with Crippen LogP contribution in [0.25, 0.3) is 17.0 Å². The molecule has 0 spiro atoms. The number of hydrogen-bond donors (Lipinski definition) is 1. The lowest BCUT2D eigenvalue weighted by atomic mass is 10.2. The number of nitrogens with one attached hydrogen (secondary N) is 1. The number of rotatable bonds is 3. The molecule has 0 aliphatic heterocycles. The first-order valence-electron chi connectivity index (χ1n) is 6.84. The normalized spacial score (nSPS) is 11.0. The fraction of sp³-hybridized carbons (Fsp3) is 0. The van der Waals surface area contributed by atoms with Crippen molar-refractivity contribution in [3.63, 3.8) is 0 Å². The van der Waals surface area contributed by atoms with Crippen molar-refractivity contribution in [3.8, 4) is 0 Å². The molecule has 1 heterocycles. The Labute approximate surface area is 140 Å². The monoisotopic (exact) mass is 369 g/mol. The number of hydrogen-bond acceptors (Lipinski definition) is 3. The van der Waals surface area contributed by atoms with Crippen LogP contribution in [0.4, 0.5) is 0 Å². The first-order chi connectivity index (χ1) is 11.1. The largest absolute Gasteiger partial charge is 0.280 e. The van der Waals surface area contributed by atoms with Gasteiger partial charge in [0.25, 0.3) is 11.5 Å². The summed E-state index contributed by atoms with van der Waals surface area (Å²) in [5.41, 5.74) is 3.65. The molecule has 0 saturated carbocycles. The van der Waals surface area contributed by atoms with Crippen LogP contribution in [0.3, 0.4) is 0 Å². The number of para-hydroxylation sites is 1. The molecule has 2 aromatic carbocycles. The zero-order valence-electron chi connectivity index (χ0n) is 11.9. The first kappa shape index (κ1) is 15.2. The lowest BCUT2D eigenvalue weighted by Gasteiger charge is -2.06. The summed E-state index contributed by atoms with van der Waals surface area (Å²) in [6.45, 7) is 0. The summed E-state index contributed by atoms with van der Waals surface area (Å²) in [5.74, 6) is -0.410. The maximum absolute atomic E-state index is 12.3. The molecule has 0 unspecified atom stereocenters. The Morgan fingerprint density at radius 2 is 1.87 bits per heavy atom. The Balaban J connectivity index is 1.79. The Kier molecular flexibility index (Phi) is 4.34. The zero-order chi connectivity index (χ0) is 16.2. The molecule has 3 rings (SSSR count). The molecular weight excluding hydrogens is 358 g/mol. The van der Waals surface area contributed by atoms with E-state index in [0.29, 0.717) is 10.9 Å². The standard InChI is InChI=1S/C17H12BrN3O2/c18-13-8-5-12(6-9-13)7-10-16(22)20-21-11-19-15-4-2-1-3-14(15)17(21)23/h1-11H,(H,20,22)/b10-7+. The Morgan fingerprint density at radius 3 is 2.65 bits per heavy atom. The van der Waals surface area contributed by atoms with Gasteiger partial charge in [-0.15, -0.1) is 0 Å². The third kappa shape index (κ3) is 3.54. The molecule has 0 aliphatic carbocycles. The van der Waals surface area contributed by atoms with Crippen LogP contribution in [-0.2, 0) is 4.79 Å². The highest BCUT2D eigenvalue weighted by molar-refractivity contribution is 9.10. The number of carbonyl (C=O) groups excluding carboxylic acids is 1. The van der Waals surface area contributed by atoms with Gasteiger partial charge < -0.3 is 0 Å². The second-order valence-corrected chi connectivity index (χ2v) is 5.71. The molecule has 23 heavy (non-hydrogen) atoms. The summed E-state index contributed by atoms with van der Waals surface area (Å²) in [7, 11) is 0. The van der Waals surface area contributed by atoms with E-state index in [-0.39, 0.29) is 5.56 Å². The maximum Gasteiger partial charge on any atom is 0.280 e. The van der Waals surface area contributed by atoms with E-state index in [1.165, 1.54) is 12.4 Å². The summed E-state index contributed by atoms with van der Waals surface area (Å²) in [4.78, 5) is 28.3. The molecule has 5 nitrogen and oxygen atoms in total. The third-order valence-electron chi connectivity index (χ3n) is 3.19. The van der Waals surface area contributed by atoms with Crippen LogP contribution >= 0.6 is 15.9 Å². The number of nitrogens with zero attached hydrogens (tertiary/aromatic N) is 2. The molecule has 1 N–H and O–H groups in total. The number of halogens is 1. The first-order valence-corrected chi connectivity index (χ1v) is 7.64. The van der Waals surface area contributed by atoms with Crippen molar-refractivity contribution in [3.05, 3.63) is 81.3 Å². The van der Waals surface area contributed by atoms with Gasteiger partial charge >= 0.3 is 0 Å². The average Bonchev–Trinajstić information content (AvgIpc) is 2.57. The molecule has 0 bridgehead atoms. The fourth-order valence-electron chi connectivity index (χ4n) is 2.05. The minimum absolute atomic E-state index is 0.319. The minimum Gasteiger partial charge on any atom is -0.268 e. The number of benzene rings is 2. The van der Waals surface area contributed by atoms with Crippen molar-refractivity contribution in [2.45, 2.75) is 0 Å². The molecule has 0 atom stereocenters. The van der Waals surface area contributed by atoms with Crippen LogP contribution < -0.4 is 11.0 Å². The van der Waals surface area contributed by atoms with E-state index in [2.05, 4.69) is 26.3 Å². The van der Waals surface area contributed by atoms with E-state index in [1.807, 2.05) is 24.3 Å². The Hall–Kier alpha value is -2.73. The van der Waals surface area contributed by atoms with Crippen molar-refractivity contribution in [2.24, 2.45) is 0 Å². The highest BCUT2D eigenvalue weighted by atomic mass is 79.9. The van der Waals surface area contributed by atoms with Crippen LogP contribution in [0, 0.1) is 0 Å². The SMILES string of the molecule is O=C(/C=C/c1ccc(Br)cc1)Nn1cnc2ccccc2c1=O.